The summed E-state index contributed by atoms with van der Waals surface area (Å²) in [5.41, 5.74) is 4.02. The lowest BCUT2D eigenvalue weighted by atomic mass is 9.85. The summed E-state index contributed by atoms with van der Waals surface area (Å²) in [5.74, 6) is 0. The van der Waals surface area contributed by atoms with E-state index in [1.807, 2.05) is 0 Å². The van der Waals surface area contributed by atoms with Crippen LogP contribution >= 0.6 is 0 Å². The van der Waals surface area contributed by atoms with Crippen LogP contribution < -0.4 is 4.90 Å². The average Bonchev–Trinajstić information content (AvgIpc) is 2.37. The Morgan fingerprint density at radius 3 is 2.57 bits per heavy atom. The quantitative estimate of drug-likeness (QED) is 0.652. The van der Waals surface area contributed by atoms with E-state index < -0.39 is 0 Å². The van der Waals surface area contributed by atoms with Gasteiger partial charge in [-0.3, -0.25) is 0 Å². The Morgan fingerprint density at radius 2 is 1.93 bits per heavy atom. The molecule has 1 heterocycles. The fourth-order valence-corrected chi connectivity index (χ4v) is 2.24. The van der Waals surface area contributed by atoms with E-state index in [2.05, 4.69) is 56.5 Å². The number of fused-ring (bicyclic) bond motifs is 1. The largest absolute Gasteiger partial charge is 0.345 e. The van der Waals surface area contributed by atoms with Gasteiger partial charge in [0, 0.05) is 23.3 Å². The maximum absolute atomic E-state index is 4.20. The number of para-hydroxylation sites is 1. The summed E-state index contributed by atoms with van der Waals surface area (Å²) in [6.07, 6.45) is 0. The molecule has 0 saturated heterocycles. The lowest BCUT2D eigenvalue weighted by Gasteiger charge is -2.24. The zero-order valence-corrected chi connectivity index (χ0v) is 9.17. The first-order valence-corrected chi connectivity index (χ1v) is 5.15. The van der Waals surface area contributed by atoms with Crippen molar-refractivity contribution in [3.63, 3.8) is 0 Å². The van der Waals surface area contributed by atoms with Gasteiger partial charge in [-0.05, 0) is 18.6 Å². The molecule has 0 fully saturated rings. The van der Waals surface area contributed by atoms with E-state index in [4.69, 9.17) is 0 Å². The third-order valence-electron chi connectivity index (χ3n) is 3.23. The number of allylic oxidation sites excluding steroid dienone is 1. The van der Waals surface area contributed by atoms with Gasteiger partial charge in [0.25, 0.3) is 0 Å². The zero-order chi connectivity index (χ0) is 10.3. The Bertz CT molecular complexity index is 377. The van der Waals surface area contributed by atoms with Crippen molar-refractivity contribution in [3.8, 4) is 0 Å². The van der Waals surface area contributed by atoms with Crippen molar-refractivity contribution in [1.82, 2.24) is 0 Å². The number of hydrogen-bond donors (Lipinski definition) is 0. The molecule has 1 aliphatic rings. The van der Waals surface area contributed by atoms with E-state index in [1.165, 1.54) is 16.9 Å². The maximum atomic E-state index is 4.20. The monoisotopic (exact) mass is 187 g/mol. The van der Waals surface area contributed by atoms with Gasteiger partial charge in [-0.25, -0.2) is 0 Å². The minimum atomic E-state index is 0.0899. The normalized spacial score (nSPS) is 18.5. The average molecular weight is 187 g/mol. The summed E-state index contributed by atoms with van der Waals surface area (Å²) in [5, 5.41) is 0. The summed E-state index contributed by atoms with van der Waals surface area (Å²) < 4.78 is 0. The summed E-state index contributed by atoms with van der Waals surface area (Å²) >= 11 is 0. The van der Waals surface area contributed by atoms with E-state index in [0.29, 0.717) is 0 Å². The highest BCUT2D eigenvalue weighted by atomic mass is 15.2. The van der Waals surface area contributed by atoms with Crippen LogP contribution in [-0.4, -0.2) is 6.54 Å². The van der Waals surface area contributed by atoms with Gasteiger partial charge >= 0.3 is 0 Å². The van der Waals surface area contributed by atoms with E-state index in [1.54, 1.807) is 0 Å². The third-order valence-corrected chi connectivity index (χ3v) is 3.23. The molecule has 2 rings (SSSR count). The van der Waals surface area contributed by atoms with Crippen molar-refractivity contribution >= 4 is 5.69 Å². The van der Waals surface area contributed by atoms with E-state index >= 15 is 0 Å². The first-order chi connectivity index (χ1) is 6.59. The van der Waals surface area contributed by atoms with Crippen molar-refractivity contribution in [2.75, 3.05) is 11.4 Å². The number of benzene rings is 1. The summed E-state index contributed by atoms with van der Waals surface area (Å²) in [7, 11) is 0. The maximum Gasteiger partial charge on any atom is 0.0450 e. The smallest absolute Gasteiger partial charge is 0.0450 e. The van der Waals surface area contributed by atoms with Gasteiger partial charge in [-0.1, -0.05) is 38.6 Å². The van der Waals surface area contributed by atoms with Crippen LogP contribution in [0.1, 0.15) is 26.3 Å². The number of anilines is 1. The molecule has 0 unspecified atom stereocenters. The van der Waals surface area contributed by atoms with E-state index in [9.17, 15) is 0 Å². The molecule has 14 heavy (non-hydrogen) atoms. The molecule has 0 saturated carbocycles. The van der Waals surface area contributed by atoms with Gasteiger partial charge in [0.2, 0.25) is 0 Å². The van der Waals surface area contributed by atoms with Crippen LogP contribution in [0.4, 0.5) is 5.69 Å². The van der Waals surface area contributed by atoms with Crippen LogP contribution in [0.3, 0.4) is 0 Å². The Hall–Kier alpha value is -1.24. The fraction of sp³-hybridized carbons (Fsp3) is 0.385. The Morgan fingerprint density at radius 1 is 1.29 bits per heavy atom. The van der Waals surface area contributed by atoms with Crippen LogP contribution in [0.25, 0.3) is 0 Å². The predicted molar refractivity (Wildman–Crippen MR) is 61.6 cm³/mol. The second-order valence-corrected chi connectivity index (χ2v) is 4.33. The summed E-state index contributed by atoms with van der Waals surface area (Å²) in [4.78, 5) is 2.30. The van der Waals surface area contributed by atoms with Gasteiger partial charge in [0.15, 0.2) is 0 Å². The second-order valence-electron chi connectivity index (χ2n) is 4.33. The first kappa shape index (κ1) is 9.32. The van der Waals surface area contributed by atoms with Crippen molar-refractivity contribution in [2.24, 2.45) is 0 Å². The van der Waals surface area contributed by atoms with Crippen LogP contribution in [0, 0.1) is 0 Å². The lowest BCUT2D eigenvalue weighted by molar-refractivity contribution is 0.636. The zero-order valence-electron chi connectivity index (χ0n) is 9.17. The molecule has 0 amide bonds. The van der Waals surface area contributed by atoms with Gasteiger partial charge in [-0.2, -0.15) is 0 Å². The van der Waals surface area contributed by atoms with Crippen LogP contribution in [0.2, 0.25) is 0 Å². The summed E-state index contributed by atoms with van der Waals surface area (Å²) in [6.45, 7) is 11.8. The number of nitrogens with zero attached hydrogens (tertiary/aromatic N) is 1. The number of likely N-dealkylation sites (N-methyl/N-ethyl adjacent to an activating group) is 1. The molecular formula is C13H17N. The molecule has 0 radical (unpaired) electrons. The van der Waals surface area contributed by atoms with Gasteiger partial charge in [0.05, 0.1) is 0 Å². The van der Waals surface area contributed by atoms with Crippen molar-refractivity contribution in [3.05, 3.63) is 42.1 Å². The molecule has 0 aromatic heterocycles. The minimum absolute atomic E-state index is 0.0899. The van der Waals surface area contributed by atoms with Gasteiger partial charge in [-0.15, -0.1) is 0 Å². The molecule has 0 atom stereocenters. The van der Waals surface area contributed by atoms with E-state index in [-0.39, 0.29) is 5.41 Å². The number of rotatable bonds is 1. The standard InChI is InChI=1S/C13H17N/c1-5-14-10(2)13(3,4)11-8-6-7-9-12(11)14/h6-9H,2,5H2,1,3-4H3. The molecular weight excluding hydrogens is 170 g/mol. The molecule has 0 bridgehead atoms. The first-order valence-electron chi connectivity index (χ1n) is 5.15. The van der Waals surface area contributed by atoms with Crippen molar-refractivity contribution in [1.29, 1.82) is 0 Å². The van der Waals surface area contributed by atoms with Gasteiger partial charge in [0.1, 0.15) is 0 Å². The fourth-order valence-electron chi connectivity index (χ4n) is 2.24. The Kier molecular flexibility index (Phi) is 1.91. The van der Waals surface area contributed by atoms with Gasteiger partial charge < -0.3 is 4.90 Å². The highest BCUT2D eigenvalue weighted by Gasteiger charge is 2.37. The molecule has 1 aliphatic heterocycles. The molecule has 74 valence electrons. The van der Waals surface area contributed by atoms with E-state index in [0.717, 1.165) is 6.54 Å². The topological polar surface area (TPSA) is 3.24 Å². The minimum Gasteiger partial charge on any atom is -0.345 e. The molecule has 1 aromatic rings. The molecule has 1 heteroatoms. The molecule has 0 aliphatic carbocycles. The predicted octanol–water partition coefficient (Wildman–Crippen LogP) is 3.32. The molecule has 1 aromatic carbocycles. The molecule has 0 N–H and O–H groups in total. The Labute approximate surface area is 86.1 Å². The molecule has 0 spiro atoms. The second kappa shape index (κ2) is 2.88. The Balaban J connectivity index is 2.62. The highest BCUT2D eigenvalue weighted by molar-refractivity contribution is 5.69. The SMILES string of the molecule is C=C1N(CC)c2ccccc2C1(C)C. The van der Waals surface area contributed by atoms with Crippen LogP contribution in [0.5, 0.6) is 0 Å². The number of hydrogen-bond acceptors (Lipinski definition) is 1. The van der Waals surface area contributed by atoms with Crippen LogP contribution in [-0.2, 0) is 5.41 Å². The van der Waals surface area contributed by atoms with Crippen molar-refractivity contribution in [2.45, 2.75) is 26.2 Å². The summed E-state index contributed by atoms with van der Waals surface area (Å²) in [6, 6.07) is 8.58. The lowest BCUT2D eigenvalue weighted by Crippen LogP contribution is -2.24. The van der Waals surface area contributed by atoms with Crippen LogP contribution in [0.15, 0.2) is 36.5 Å². The molecule has 1 nitrogen and oxygen atoms in total. The van der Waals surface area contributed by atoms with Crippen molar-refractivity contribution < 1.29 is 0 Å². The third kappa shape index (κ3) is 1.02. The highest BCUT2D eigenvalue weighted by Crippen LogP contribution is 2.46.